The molecule has 0 bridgehead atoms. The van der Waals surface area contributed by atoms with E-state index in [1.54, 1.807) is 0 Å². The molecule has 0 aliphatic rings. The van der Waals surface area contributed by atoms with Crippen molar-refractivity contribution >= 4 is 0 Å². The quantitative estimate of drug-likeness (QED) is 0.566. The first-order valence-electron chi connectivity index (χ1n) is 2.89. The Balaban J connectivity index is 0. The molecule has 0 aliphatic heterocycles. The molecule has 0 fully saturated rings. The molecule has 12 heavy (non-hydrogen) atoms. The van der Waals surface area contributed by atoms with Crippen molar-refractivity contribution in [2.24, 2.45) is 0 Å². The van der Waals surface area contributed by atoms with Crippen LogP contribution in [0.4, 0.5) is 0 Å². The predicted molar refractivity (Wildman–Crippen MR) is 41.5 cm³/mol. The summed E-state index contributed by atoms with van der Waals surface area (Å²) in [5.41, 5.74) is 0. The van der Waals surface area contributed by atoms with Crippen molar-refractivity contribution in [3.63, 3.8) is 0 Å². The minimum Gasteiger partial charge on any atom is -0.443 e. The van der Waals surface area contributed by atoms with Crippen LogP contribution in [0.15, 0.2) is 36.4 Å². The fourth-order valence-electron chi connectivity index (χ4n) is 0.385. The van der Waals surface area contributed by atoms with Crippen molar-refractivity contribution in [2.45, 2.75) is 0 Å². The van der Waals surface area contributed by atoms with E-state index in [-0.39, 0.29) is 0 Å². The van der Waals surface area contributed by atoms with Crippen LogP contribution in [0.25, 0.3) is 0 Å². The summed E-state index contributed by atoms with van der Waals surface area (Å²) in [6, 6.07) is 12.0. The van der Waals surface area contributed by atoms with E-state index in [9.17, 15) is 0 Å². The maximum atomic E-state index is 6.88. The van der Waals surface area contributed by atoms with E-state index in [2.05, 4.69) is 0 Å². The average molecular weight is 164 g/mol. The number of nitriles is 2. The maximum absolute atomic E-state index is 6.88. The fourth-order valence-corrected chi connectivity index (χ4v) is 0.385. The monoisotopic (exact) mass is 164 g/mol. The molecule has 1 aromatic rings. The molecule has 0 saturated carbocycles. The molecule has 0 radical (unpaired) electrons. The number of benzene rings is 1. The highest BCUT2D eigenvalue weighted by molar-refractivity contribution is 4.99. The van der Waals surface area contributed by atoms with Gasteiger partial charge >= 0.3 is 0 Å². The Bertz CT molecular complexity index is 197. The van der Waals surface area contributed by atoms with Crippen LogP contribution in [-0.4, -0.2) is 10.2 Å². The van der Waals surface area contributed by atoms with Gasteiger partial charge in [0, 0.05) is 0 Å². The maximum Gasteiger partial charge on any atom is 0.283 e. The Morgan fingerprint density at radius 1 is 0.667 bits per heavy atom. The molecule has 2 N–H and O–H groups in total. The van der Waals surface area contributed by atoms with Crippen molar-refractivity contribution in [1.29, 1.82) is 10.5 Å². The standard InChI is InChI=1S/C6H6.2CHNO/c1-2-4-6-5-3-1;2*2-1-3/h1-6H;2*3H. The first-order chi connectivity index (χ1) is 5.83. The molecule has 0 atom stereocenters. The van der Waals surface area contributed by atoms with Crippen LogP contribution >= 0.6 is 0 Å². The molecule has 0 amide bonds. The molecule has 0 aliphatic carbocycles. The highest BCUT2D eigenvalue weighted by Gasteiger charge is 1.57. The summed E-state index contributed by atoms with van der Waals surface area (Å²) >= 11 is 0. The van der Waals surface area contributed by atoms with E-state index in [0.717, 1.165) is 12.5 Å². The van der Waals surface area contributed by atoms with E-state index in [4.69, 9.17) is 20.7 Å². The largest absolute Gasteiger partial charge is 0.443 e. The second kappa shape index (κ2) is 15.9. The fraction of sp³-hybridized carbons (Fsp3) is 0. The number of hydrogen-bond acceptors (Lipinski definition) is 4. The van der Waals surface area contributed by atoms with Gasteiger partial charge in [0.1, 0.15) is 0 Å². The van der Waals surface area contributed by atoms with Crippen LogP contribution in [-0.2, 0) is 0 Å². The normalized spacial score (nSPS) is 5.17. The molecule has 4 heteroatoms. The van der Waals surface area contributed by atoms with Gasteiger partial charge in [-0.1, -0.05) is 36.4 Å². The molecule has 1 aromatic carbocycles. The Hall–Kier alpha value is -2.20. The van der Waals surface area contributed by atoms with Gasteiger partial charge in [0.05, 0.1) is 0 Å². The van der Waals surface area contributed by atoms with Crippen LogP contribution in [0, 0.1) is 23.0 Å². The number of aliphatic hydroxyl groups is 2. The molecule has 4 nitrogen and oxygen atoms in total. The molecule has 62 valence electrons. The summed E-state index contributed by atoms with van der Waals surface area (Å²) in [5, 5.41) is 27.5. The van der Waals surface area contributed by atoms with Crippen molar-refractivity contribution in [3.8, 4) is 12.5 Å². The predicted octanol–water partition coefficient (Wildman–Crippen LogP) is 1.37. The SMILES string of the molecule is N#CO.N#CO.c1ccccc1. The van der Waals surface area contributed by atoms with Gasteiger partial charge < -0.3 is 10.2 Å². The van der Waals surface area contributed by atoms with Gasteiger partial charge in [-0.15, -0.1) is 0 Å². The van der Waals surface area contributed by atoms with Gasteiger partial charge in [-0.3, -0.25) is 0 Å². The third-order valence-corrected chi connectivity index (χ3v) is 0.667. The summed E-state index contributed by atoms with van der Waals surface area (Å²) in [4.78, 5) is 0. The van der Waals surface area contributed by atoms with E-state index >= 15 is 0 Å². The van der Waals surface area contributed by atoms with Crippen LogP contribution < -0.4 is 0 Å². The lowest BCUT2D eigenvalue weighted by molar-refractivity contribution is 0.502. The van der Waals surface area contributed by atoms with Crippen LogP contribution in [0.3, 0.4) is 0 Å². The lowest BCUT2D eigenvalue weighted by Crippen LogP contribution is -1.47. The molecule has 0 unspecified atom stereocenters. The van der Waals surface area contributed by atoms with Crippen LogP contribution in [0.5, 0.6) is 0 Å². The van der Waals surface area contributed by atoms with E-state index < -0.39 is 0 Å². The van der Waals surface area contributed by atoms with Crippen molar-refractivity contribution in [1.82, 2.24) is 0 Å². The lowest BCUT2D eigenvalue weighted by atomic mass is 10.4. The molecule has 0 aromatic heterocycles. The van der Waals surface area contributed by atoms with E-state index in [0.29, 0.717) is 0 Å². The summed E-state index contributed by atoms with van der Waals surface area (Å²) in [6.45, 7) is 0. The Morgan fingerprint density at radius 2 is 0.750 bits per heavy atom. The summed E-state index contributed by atoms with van der Waals surface area (Å²) in [6.07, 6.45) is 1.50. The third-order valence-electron chi connectivity index (χ3n) is 0.667. The first-order valence-corrected chi connectivity index (χ1v) is 2.89. The summed E-state index contributed by atoms with van der Waals surface area (Å²) in [5.74, 6) is 0. The summed E-state index contributed by atoms with van der Waals surface area (Å²) in [7, 11) is 0. The lowest BCUT2D eigenvalue weighted by Gasteiger charge is -1.69. The third kappa shape index (κ3) is 25.0. The zero-order valence-electron chi connectivity index (χ0n) is 6.25. The number of hydrogen-bond donors (Lipinski definition) is 2. The number of aliphatic hydroxyl groups excluding tert-OH is 2. The van der Waals surface area contributed by atoms with Crippen LogP contribution in [0.1, 0.15) is 0 Å². The zero-order chi connectivity index (χ0) is 9.66. The van der Waals surface area contributed by atoms with Gasteiger partial charge in [0.15, 0.2) is 0 Å². The summed E-state index contributed by atoms with van der Waals surface area (Å²) < 4.78 is 0. The Labute approximate surface area is 70.5 Å². The van der Waals surface area contributed by atoms with Gasteiger partial charge in [-0.25, -0.2) is 0 Å². The van der Waals surface area contributed by atoms with Crippen molar-refractivity contribution in [3.05, 3.63) is 36.4 Å². The van der Waals surface area contributed by atoms with E-state index in [1.165, 1.54) is 0 Å². The van der Waals surface area contributed by atoms with Gasteiger partial charge in [-0.05, 0) is 0 Å². The molecular formula is C8H8N2O2. The molecule has 1 rings (SSSR count). The molecular weight excluding hydrogens is 156 g/mol. The highest BCUT2D eigenvalue weighted by Crippen LogP contribution is 1.79. The first kappa shape index (κ1) is 12.5. The van der Waals surface area contributed by atoms with Crippen molar-refractivity contribution < 1.29 is 10.2 Å². The average Bonchev–Trinajstić information content (AvgIpc) is 2.10. The minimum absolute atomic E-state index is 0.750. The zero-order valence-corrected chi connectivity index (χ0v) is 6.25. The second-order valence-corrected chi connectivity index (χ2v) is 1.35. The smallest absolute Gasteiger partial charge is 0.283 e. The number of rotatable bonds is 0. The van der Waals surface area contributed by atoms with Gasteiger partial charge in [0.2, 0.25) is 0 Å². The Morgan fingerprint density at radius 3 is 0.833 bits per heavy atom. The second-order valence-electron chi connectivity index (χ2n) is 1.35. The van der Waals surface area contributed by atoms with Gasteiger partial charge in [-0.2, -0.15) is 10.5 Å². The molecule has 0 spiro atoms. The number of nitrogens with zero attached hydrogens (tertiary/aromatic N) is 2. The molecule has 0 saturated heterocycles. The van der Waals surface area contributed by atoms with Crippen molar-refractivity contribution in [2.75, 3.05) is 0 Å². The Kier molecular flexibility index (Phi) is 16.5. The molecule has 0 heterocycles. The topological polar surface area (TPSA) is 88.0 Å². The van der Waals surface area contributed by atoms with Gasteiger partial charge in [0.25, 0.3) is 12.5 Å². The van der Waals surface area contributed by atoms with Crippen LogP contribution in [0.2, 0.25) is 0 Å². The van der Waals surface area contributed by atoms with E-state index in [1.807, 2.05) is 36.4 Å². The minimum atomic E-state index is 0.750. The highest BCUT2D eigenvalue weighted by atomic mass is 16.2.